The summed E-state index contributed by atoms with van der Waals surface area (Å²) in [5.41, 5.74) is 6.51. The molecule has 1 fully saturated rings. The number of anilines is 1. The maximum atomic E-state index is 10.5. The Morgan fingerprint density at radius 2 is 1.97 bits per heavy atom. The van der Waals surface area contributed by atoms with Gasteiger partial charge in [0.25, 0.3) is 0 Å². The van der Waals surface area contributed by atoms with E-state index in [1.54, 1.807) is 24.3 Å². The Labute approximate surface area is 191 Å². The van der Waals surface area contributed by atoms with Crippen molar-refractivity contribution in [1.29, 1.82) is 0 Å². The summed E-state index contributed by atoms with van der Waals surface area (Å²) in [7, 11) is 0. The molecular weight excluding hydrogens is 462 g/mol. The molecule has 5 atom stereocenters. The molecule has 0 saturated carbocycles. The Balaban J connectivity index is 1.52. The first-order chi connectivity index (χ1) is 15.4. The maximum Gasteiger partial charge on any atom is 0.172 e. The van der Waals surface area contributed by atoms with Gasteiger partial charge < -0.3 is 35.6 Å². The average molecular weight is 484 g/mol. The number of aliphatic hydroxyl groups is 4. The summed E-state index contributed by atoms with van der Waals surface area (Å²) in [5.74, 6) is 0.896. The van der Waals surface area contributed by atoms with Gasteiger partial charge in [0, 0.05) is 10.8 Å². The minimum absolute atomic E-state index is 0.0324. The van der Waals surface area contributed by atoms with Gasteiger partial charge in [0.05, 0.1) is 12.7 Å². The number of aromatic nitrogens is 4. The molecule has 0 bridgehead atoms. The SMILES string of the molecule is Nc1ncnc2c1nc(SCC(O)COc1ccc(Cl)cc1)n2[C@@H]1O[C@H](CO)[C@@H](O)[C@H]1O. The van der Waals surface area contributed by atoms with Crippen molar-refractivity contribution in [3.63, 3.8) is 0 Å². The number of imidazole rings is 1. The first-order valence-electron chi connectivity index (χ1n) is 9.69. The lowest BCUT2D eigenvalue weighted by Crippen LogP contribution is -2.33. The van der Waals surface area contributed by atoms with Crippen molar-refractivity contribution in [1.82, 2.24) is 19.5 Å². The predicted molar refractivity (Wildman–Crippen MR) is 116 cm³/mol. The Morgan fingerprint density at radius 3 is 2.66 bits per heavy atom. The third kappa shape index (κ3) is 4.62. The number of nitrogens with two attached hydrogens (primary N) is 1. The number of ether oxygens (including phenoxy) is 2. The minimum Gasteiger partial charge on any atom is -0.491 e. The molecule has 6 N–H and O–H groups in total. The van der Waals surface area contributed by atoms with Crippen LogP contribution in [0.2, 0.25) is 5.02 Å². The Kier molecular flexibility index (Phi) is 7.00. The standard InChI is InChI=1S/C19H22ClN5O6S/c20-9-1-3-11(4-2-9)30-6-10(27)7-32-19-24-13-16(21)22-8-23-17(13)25(19)18-15(29)14(28)12(5-26)31-18/h1-4,8,10,12,14-15,18,26-29H,5-7H2,(H2,21,22,23)/t10?,12-,14-,15-,18-/m1/s1. The van der Waals surface area contributed by atoms with Gasteiger partial charge in [-0.05, 0) is 24.3 Å². The van der Waals surface area contributed by atoms with E-state index in [9.17, 15) is 20.4 Å². The van der Waals surface area contributed by atoms with E-state index in [0.29, 0.717) is 27.1 Å². The van der Waals surface area contributed by atoms with Gasteiger partial charge in [-0.1, -0.05) is 23.4 Å². The minimum atomic E-state index is -1.33. The summed E-state index contributed by atoms with van der Waals surface area (Å²) in [5, 5.41) is 41.4. The molecule has 2 aromatic heterocycles. The molecule has 1 aliphatic heterocycles. The van der Waals surface area contributed by atoms with E-state index in [0.717, 1.165) is 0 Å². The van der Waals surface area contributed by atoms with Crippen LogP contribution in [0.15, 0.2) is 35.7 Å². The number of fused-ring (bicyclic) bond motifs is 1. The van der Waals surface area contributed by atoms with Crippen molar-refractivity contribution >= 4 is 40.3 Å². The second kappa shape index (κ2) is 9.75. The van der Waals surface area contributed by atoms with Gasteiger partial charge in [0.2, 0.25) is 0 Å². The highest BCUT2D eigenvalue weighted by molar-refractivity contribution is 7.99. The molecule has 0 spiro atoms. The van der Waals surface area contributed by atoms with Crippen molar-refractivity contribution in [2.45, 2.75) is 35.8 Å². The molecule has 4 rings (SSSR count). The summed E-state index contributed by atoms with van der Waals surface area (Å²) in [6, 6.07) is 6.77. The highest BCUT2D eigenvalue weighted by Gasteiger charge is 2.45. The highest BCUT2D eigenvalue weighted by atomic mass is 35.5. The summed E-state index contributed by atoms with van der Waals surface area (Å²) < 4.78 is 12.7. The van der Waals surface area contributed by atoms with Gasteiger partial charge >= 0.3 is 0 Å². The van der Waals surface area contributed by atoms with E-state index in [2.05, 4.69) is 15.0 Å². The molecule has 1 aromatic carbocycles. The van der Waals surface area contributed by atoms with Gasteiger partial charge in [-0.3, -0.25) is 4.57 Å². The summed E-state index contributed by atoms with van der Waals surface area (Å²) in [6.07, 6.45) is -4.26. The van der Waals surface area contributed by atoms with Crippen LogP contribution in [0.5, 0.6) is 5.75 Å². The molecule has 1 saturated heterocycles. The number of thioether (sulfide) groups is 1. The van der Waals surface area contributed by atoms with E-state index < -0.39 is 37.3 Å². The molecule has 32 heavy (non-hydrogen) atoms. The van der Waals surface area contributed by atoms with Gasteiger partial charge in [-0.2, -0.15) is 0 Å². The van der Waals surface area contributed by atoms with Crippen molar-refractivity contribution in [3.8, 4) is 5.75 Å². The number of hydrogen-bond acceptors (Lipinski definition) is 11. The van der Waals surface area contributed by atoms with Gasteiger partial charge in [-0.25, -0.2) is 15.0 Å². The van der Waals surface area contributed by atoms with Crippen molar-refractivity contribution in [3.05, 3.63) is 35.6 Å². The zero-order chi connectivity index (χ0) is 22.8. The summed E-state index contributed by atoms with van der Waals surface area (Å²) in [6.45, 7) is -0.438. The molecule has 0 aliphatic carbocycles. The number of aliphatic hydroxyl groups excluding tert-OH is 4. The Bertz CT molecular complexity index is 1070. The molecule has 172 valence electrons. The molecule has 0 radical (unpaired) electrons. The zero-order valence-corrected chi connectivity index (χ0v) is 18.2. The van der Waals surface area contributed by atoms with E-state index >= 15 is 0 Å². The topological polar surface area (TPSA) is 169 Å². The Morgan fingerprint density at radius 1 is 1.22 bits per heavy atom. The van der Waals surface area contributed by atoms with Crippen LogP contribution < -0.4 is 10.5 Å². The normalized spacial score (nSPS) is 24.2. The number of rotatable bonds is 8. The zero-order valence-electron chi connectivity index (χ0n) is 16.7. The van der Waals surface area contributed by atoms with Crippen LogP contribution in [0.4, 0.5) is 5.82 Å². The maximum absolute atomic E-state index is 10.5. The van der Waals surface area contributed by atoms with E-state index in [1.807, 2.05) is 0 Å². The number of nitrogens with zero attached hydrogens (tertiary/aromatic N) is 4. The lowest BCUT2D eigenvalue weighted by molar-refractivity contribution is -0.0548. The largest absolute Gasteiger partial charge is 0.491 e. The molecule has 11 nitrogen and oxygen atoms in total. The molecule has 3 heterocycles. The molecule has 0 amide bonds. The van der Waals surface area contributed by atoms with Crippen LogP contribution in [0.1, 0.15) is 6.23 Å². The van der Waals surface area contributed by atoms with Crippen molar-refractivity contribution in [2.24, 2.45) is 0 Å². The predicted octanol–water partition coefficient (Wildman–Crippen LogP) is 0.205. The van der Waals surface area contributed by atoms with Gasteiger partial charge in [-0.15, -0.1) is 0 Å². The highest BCUT2D eigenvalue weighted by Crippen LogP contribution is 2.36. The quantitative estimate of drug-likeness (QED) is 0.277. The number of benzene rings is 1. The fraction of sp³-hybridized carbons (Fsp3) is 0.421. The number of halogens is 1. The van der Waals surface area contributed by atoms with Crippen LogP contribution in [0.3, 0.4) is 0 Å². The van der Waals surface area contributed by atoms with Crippen LogP contribution in [-0.2, 0) is 4.74 Å². The lowest BCUT2D eigenvalue weighted by atomic mass is 10.1. The third-order valence-electron chi connectivity index (χ3n) is 4.91. The molecule has 1 unspecified atom stereocenters. The van der Waals surface area contributed by atoms with Gasteiger partial charge in [0.15, 0.2) is 28.4 Å². The average Bonchev–Trinajstić information content (AvgIpc) is 3.29. The monoisotopic (exact) mass is 483 g/mol. The van der Waals surface area contributed by atoms with Crippen molar-refractivity contribution < 1.29 is 29.9 Å². The van der Waals surface area contributed by atoms with Crippen LogP contribution in [0.25, 0.3) is 11.2 Å². The van der Waals surface area contributed by atoms with Crippen molar-refractivity contribution in [2.75, 3.05) is 24.7 Å². The fourth-order valence-corrected chi connectivity index (χ4v) is 4.32. The number of nitrogen functional groups attached to an aromatic ring is 1. The molecule has 13 heteroatoms. The molecule has 1 aliphatic rings. The van der Waals surface area contributed by atoms with E-state index in [4.69, 9.17) is 26.8 Å². The molecular formula is C19H22ClN5O6S. The number of hydrogen-bond donors (Lipinski definition) is 5. The first kappa shape index (κ1) is 23.0. The van der Waals surface area contributed by atoms with Gasteiger partial charge in [0.1, 0.15) is 37.0 Å². The fourth-order valence-electron chi connectivity index (χ4n) is 3.27. The van der Waals surface area contributed by atoms with E-state index in [-0.39, 0.29) is 18.2 Å². The van der Waals surface area contributed by atoms with Crippen LogP contribution >= 0.6 is 23.4 Å². The first-order valence-corrected chi connectivity index (χ1v) is 11.1. The summed E-state index contributed by atoms with van der Waals surface area (Å²) in [4.78, 5) is 12.6. The van der Waals surface area contributed by atoms with E-state index in [1.165, 1.54) is 22.7 Å². The smallest absolute Gasteiger partial charge is 0.172 e. The second-order valence-corrected chi connectivity index (χ2v) is 8.58. The third-order valence-corrected chi connectivity index (χ3v) is 6.26. The lowest BCUT2D eigenvalue weighted by Gasteiger charge is -2.19. The Hall–Kier alpha value is -2.19. The van der Waals surface area contributed by atoms with Crippen LogP contribution in [-0.4, -0.2) is 83.3 Å². The summed E-state index contributed by atoms with van der Waals surface area (Å²) >= 11 is 7.02. The van der Waals surface area contributed by atoms with Crippen LogP contribution in [0, 0.1) is 0 Å². The molecule has 3 aromatic rings. The second-order valence-electron chi connectivity index (χ2n) is 7.15.